The molecule has 1 aromatic carbocycles. The molecule has 1 atom stereocenters. The lowest BCUT2D eigenvalue weighted by Gasteiger charge is -2.12. The molecule has 2 aromatic rings. The maximum absolute atomic E-state index is 12.0. The van der Waals surface area contributed by atoms with Crippen molar-refractivity contribution in [3.05, 3.63) is 44.8 Å². The van der Waals surface area contributed by atoms with Crippen molar-refractivity contribution < 1.29 is 4.79 Å². The van der Waals surface area contributed by atoms with Gasteiger partial charge in [-0.05, 0) is 24.3 Å². The van der Waals surface area contributed by atoms with Crippen LogP contribution in [0.25, 0.3) is 0 Å². The SMILES string of the molecule is CC(CNC(=O)c1csc(CN)n1)Sc1ccc(Br)cc1.Cl. The highest BCUT2D eigenvalue weighted by molar-refractivity contribution is 9.10. The minimum absolute atomic E-state index is 0. The molecule has 120 valence electrons. The molecule has 1 aromatic heterocycles. The zero-order valence-electron chi connectivity index (χ0n) is 11.9. The Labute approximate surface area is 152 Å². The van der Waals surface area contributed by atoms with Crippen LogP contribution in [0.1, 0.15) is 22.4 Å². The topological polar surface area (TPSA) is 68.0 Å². The number of carbonyl (C=O) groups is 1. The third-order valence-corrected chi connectivity index (χ3v) is 5.17. The summed E-state index contributed by atoms with van der Waals surface area (Å²) in [5.74, 6) is -0.144. The number of nitrogens with zero attached hydrogens (tertiary/aromatic N) is 1. The van der Waals surface area contributed by atoms with Gasteiger partial charge in [-0.1, -0.05) is 22.9 Å². The first-order chi connectivity index (χ1) is 10.1. The fourth-order valence-corrected chi connectivity index (χ4v) is 3.47. The number of hydrogen-bond donors (Lipinski definition) is 2. The molecule has 0 saturated heterocycles. The van der Waals surface area contributed by atoms with Crippen molar-refractivity contribution in [3.63, 3.8) is 0 Å². The fraction of sp³-hybridized carbons (Fsp3) is 0.286. The summed E-state index contributed by atoms with van der Waals surface area (Å²) >= 11 is 6.55. The van der Waals surface area contributed by atoms with Crippen LogP contribution in [0.15, 0.2) is 39.0 Å². The highest BCUT2D eigenvalue weighted by Gasteiger charge is 2.12. The molecule has 8 heteroatoms. The molecular weight excluding hydrogens is 406 g/mol. The van der Waals surface area contributed by atoms with Crippen molar-refractivity contribution in [3.8, 4) is 0 Å². The van der Waals surface area contributed by atoms with E-state index in [0.29, 0.717) is 18.8 Å². The van der Waals surface area contributed by atoms with Gasteiger partial charge in [0.2, 0.25) is 0 Å². The molecule has 0 saturated carbocycles. The summed E-state index contributed by atoms with van der Waals surface area (Å²) in [6, 6.07) is 8.14. The molecule has 0 fully saturated rings. The molecule has 1 unspecified atom stereocenters. The second-order valence-electron chi connectivity index (χ2n) is 4.42. The Morgan fingerprint density at radius 1 is 1.45 bits per heavy atom. The maximum atomic E-state index is 12.0. The molecule has 0 spiro atoms. The van der Waals surface area contributed by atoms with Gasteiger partial charge in [0.1, 0.15) is 10.7 Å². The van der Waals surface area contributed by atoms with Crippen LogP contribution in [0.2, 0.25) is 0 Å². The summed E-state index contributed by atoms with van der Waals surface area (Å²) < 4.78 is 1.06. The van der Waals surface area contributed by atoms with Gasteiger partial charge >= 0.3 is 0 Å². The standard InChI is InChI=1S/C14H16BrN3OS2.ClH/c1-9(21-11-4-2-10(15)3-5-11)7-17-14(19)12-8-20-13(6-16)18-12;/h2-5,8-9H,6-7,16H2,1H3,(H,17,19);1H. The number of nitrogens with two attached hydrogens (primary N) is 1. The predicted molar refractivity (Wildman–Crippen MR) is 99.0 cm³/mol. The van der Waals surface area contributed by atoms with Crippen molar-refractivity contribution in [1.29, 1.82) is 0 Å². The minimum Gasteiger partial charge on any atom is -0.350 e. The molecule has 0 aliphatic heterocycles. The van der Waals surface area contributed by atoms with Crippen molar-refractivity contribution in [2.24, 2.45) is 5.73 Å². The average molecular weight is 423 g/mol. The van der Waals surface area contributed by atoms with E-state index in [0.717, 1.165) is 9.48 Å². The van der Waals surface area contributed by atoms with Crippen LogP contribution in [-0.2, 0) is 6.54 Å². The molecule has 0 aliphatic rings. The van der Waals surface area contributed by atoms with E-state index in [1.54, 1.807) is 17.1 Å². The zero-order valence-corrected chi connectivity index (χ0v) is 15.9. The lowest BCUT2D eigenvalue weighted by molar-refractivity contribution is 0.0949. The lowest BCUT2D eigenvalue weighted by atomic mass is 10.4. The molecule has 2 rings (SSSR count). The highest BCUT2D eigenvalue weighted by Crippen LogP contribution is 2.24. The third kappa shape index (κ3) is 5.89. The zero-order chi connectivity index (χ0) is 15.2. The van der Waals surface area contributed by atoms with Crippen molar-refractivity contribution in [2.45, 2.75) is 23.6 Å². The quantitative estimate of drug-likeness (QED) is 0.697. The van der Waals surface area contributed by atoms with Gasteiger partial charge in [0.05, 0.1) is 0 Å². The number of amides is 1. The number of aromatic nitrogens is 1. The Morgan fingerprint density at radius 2 is 2.14 bits per heavy atom. The number of nitrogens with one attached hydrogen (secondary N) is 1. The van der Waals surface area contributed by atoms with Gasteiger partial charge in [-0.3, -0.25) is 4.79 Å². The highest BCUT2D eigenvalue weighted by atomic mass is 79.9. The van der Waals surface area contributed by atoms with Gasteiger partial charge < -0.3 is 11.1 Å². The van der Waals surface area contributed by atoms with Crippen LogP contribution in [0, 0.1) is 0 Å². The van der Waals surface area contributed by atoms with Gasteiger partial charge in [0, 0.05) is 33.1 Å². The first kappa shape index (κ1) is 19.4. The molecule has 4 nitrogen and oxygen atoms in total. The number of benzene rings is 1. The van der Waals surface area contributed by atoms with Crippen molar-refractivity contribution >= 4 is 57.3 Å². The van der Waals surface area contributed by atoms with Gasteiger partial charge in [-0.15, -0.1) is 35.5 Å². The number of rotatable bonds is 6. The normalized spacial score (nSPS) is 11.6. The third-order valence-electron chi connectivity index (χ3n) is 2.66. The van der Waals surface area contributed by atoms with Gasteiger partial charge in [-0.2, -0.15) is 0 Å². The van der Waals surface area contributed by atoms with Crippen LogP contribution < -0.4 is 11.1 Å². The minimum atomic E-state index is -0.144. The molecule has 1 heterocycles. The van der Waals surface area contributed by atoms with E-state index in [-0.39, 0.29) is 23.6 Å². The largest absolute Gasteiger partial charge is 0.350 e. The van der Waals surface area contributed by atoms with E-state index in [2.05, 4.69) is 45.3 Å². The Kier molecular flexibility index (Phi) is 8.41. The summed E-state index contributed by atoms with van der Waals surface area (Å²) in [7, 11) is 0. The summed E-state index contributed by atoms with van der Waals surface area (Å²) in [6.07, 6.45) is 0. The van der Waals surface area contributed by atoms with Crippen molar-refractivity contribution in [2.75, 3.05) is 6.54 Å². The first-order valence-electron chi connectivity index (χ1n) is 6.43. The molecule has 1 amide bonds. The summed E-state index contributed by atoms with van der Waals surface area (Å²) in [5, 5.41) is 5.70. The number of thioether (sulfide) groups is 1. The Morgan fingerprint density at radius 3 is 2.73 bits per heavy atom. The lowest BCUT2D eigenvalue weighted by Crippen LogP contribution is -2.29. The van der Waals surface area contributed by atoms with Crippen molar-refractivity contribution in [1.82, 2.24) is 10.3 Å². The molecule has 22 heavy (non-hydrogen) atoms. The van der Waals surface area contributed by atoms with Crippen LogP contribution >= 0.6 is 51.4 Å². The fourth-order valence-electron chi connectivity index (χ4n) is 1.62. The van der Waals surface area contributed by atoms with E-state index in [1.165, 1.54) is 16.2 Å². The van der Waals surface area contributed by atoms with Gasteiger partial charge in [-0.25, -0.2) is 4.98 Å². The maximum Gasteiger partial charge on any atom is 0.270 e. The number of halogens is 2. The smallest absolute Gasteiger partial charge is 0.270 e. The number of thiazole rings is 1. The first-order valence-corrected chi connectivity index (χ1v) is 8.98. The van der Waals surface area contributed by atoms with Crippen LogP contribution in [0.3, 0.4) is 0 Å². The molecule has 0 radical (unpaired) electrons. The summed E-state index contributed by atoms with van der Waals surface area (Å²) in [6.45, 7) is 3.04. The van der Waals surface area contributed by atoms with Gasteiger partial charge in [0.25, 0.3) is 5.91 Å². The Hall–Kier alpha value is -0.600. The second-order valence-corrected chi connectivity index (χ2v) is 7.79. The van der Waals surface area contributed by atoms with Gasteiger partial charge in [0.15, 0.2) is 0 Å². The molecule has 3 N–H and O–H groups in total. The Bertz CT molecular complexity index is 606. The van der Waals surface area contributed by atoms with E-state index < -0.39 is 0 Å². The monoisotopic (exact) mass is 421 g/mol. The molecule has 0 aliphatic carbocycles. The Balaban J connectivity index is 0.00000242. The van der Waals surface area contributed by atoms with E-state index in [4.69, 9.17) is 5.73 Å². The van der Waals surface area contributed by atoms with Crippen LogP contribution in [-0.4, -0.2) is 22.7 Å². The van der Waals surface area contributed by atoms with E-state index in [1.807, 2.05) is 12.1 Å². The second kappa shape index (κ2) is 9.52. The van der Waals surface area contributed by atoms with E-state index in [9.17, 15) is 4.79 Å². The number of hydrogen-bond acceptors (Lipinski definition) is 5. The summed E-state index contributed by atoms with van der Waals surface area (Å²) in [5.41, 5.74) is 5.94. The predicted octanol–water partition coefficient (Wildman–Crippen LogP) is 3.70. The number of carbonyl (C=O) groups excluding carboxylic acids is 1. The molecule has 0 bridgehead atoms. The van der Waals surface area contributed by atoms with E-state index >= 15 is 0 Å². The van der Waals surface area contributed by atoms with Crippen LogP contribution in [0.5, 0.6) is 0 Å². The summed E-state index contributed by atoms with van der Waals surface area (Å²) in [4.78, 5) is 17.3. The van der Waals surface area contributed by atoms with Crippen LogP contribution in [0.4, 0.5) is 0 Å². The average Bonchev–Trinajstić information content (AvgIpc) is 2.96. The molecular formula is C14H17BrClN3OS2.